The van der Waals surface area contributed by atoms with Gasteiger partial charge in [-0.05, 0) is 241 Å². The van der Waals surface area contributed by atoms with Crippen LogP contribution in [0.3, 0.4) is 0 Å². The van der Waals surface area contributed by atoms with E-state index in [0.717, 1.165) is 172 Å². The van der Waals surface area contributed by atoms with E-state index in [2.05, 4.69) is 322 Å². The van der Waals surface area contributed by atoms with Gasteiger partial charge in [-0.3, -0.25) is 0 Å². The molecule has 2 fully saturated rings. The molecule has 0 aliphatic heterocycles. The van der Waals surface area contributed by atoms with Crippen molar-refractivity contribution in [2.45, 2.75) is 170 Å². The Balaban J connectivity index is 0.000000114. The van der Waals surface area contributed by atoms with Crippen molar-refractivity contribution in [2.24, 2.45) is 28.2 Å². The lowest BCUT2D eigenvalue weighted by Crippen LogP contribution is -2.31. The summed E-state index contributed by atoms with van der Waals surface area (Å²) in [6.45, 7) is 25.8. The first-order valence-corrected chi connectivity index (χ1v) is 46.9. The molecule has 0 N–H and O–H groups in total. The van der Waals surface area contributed by atoms with Crippen LogP contribution in [-0.4, -0.2) is 19.9 Å². The summed E-state index contributed by atoms with van der Waals surface area (Å²) in [5.41, 5.74) is 36.0. The summed E-state index contributed by atoms with van der Waals surface area (Å²) < 4.78 is 61.0. The minimum absolute atomic E-state index is 0.230. The number of aryl methyl sites for hydroxylation is 8. The third-order valence-corrected chi connectivity index (χ3v) is 27.4. The molecule has 0 atom stereocenters. The molecule has 22 rings (SSSR count). The Kier molecular flexibility index (Phi) is 24.1. The first kappa shape index (κ1) is 87.4. The van der Waals surface area contributed by atoms with Crippen LogP contribution in [0.4, 0.5) is 8.78 Å². The largest absolute Gasteiger partial charge is 0.437 e. The van der Waals surface area contributed by atoms with Gasteiger partial charge in [0, 0.05) is 108 Å². The van der Waals surface area contributed by atoms with Gasteiger partial charge in [-0.1, -0.05) is 202 Å². The zero-order valence-corrected chi connectivity index (χ0v) is 78.5. The lowest BCUT2D eigenvalue weighted by atomic mass is 9.91. The molecule has 12 heterocycles. The Hall–Kier alpha value is -14.0. The van der Waals surface area contributed by atoms with Crippen molar-refractivity contribution in [1.82, 2.24) is 19.9 Å². The number of halogens is 2. The second kappa shape index (κ2) is 36.4. The van der Waals surface area contributed by atoms with Crippen LogP contribution in [0.2, 0.25) is 0 Å². The van der Waals surface area contributed by atoms with E-state index in [-0.39, 0.29) is 11.6 Å². The Labute approximate surface area is 771 Å². The van der Waals surface area contributed by atoms with Crippen molar-refractivity contribution in [3.8, 4) is 89.5 Å². The van der Waals surface area contributed by atoms with Crippen LogP contribution in [0.25, 0.3) is 178 Å². The number of furan rings is 4. The SMILES string of the molecule is Cc1ccc2c(oc3nc(C(C)C)ccc32)c1-c1c(-c2cccc(C3CCCC3)c2)ccc[n+]1C.Cc1ccc2c(oc3nc(C(C)C)ccc32)c1-c1cc(-c2ccc(F)cc2)cc[n+]1C.Cc1ccc2c(oc3nc(C(C)C)ccc32)c1-c1cc(-c2cccc(C3CCCC3)c2)cc[n+]1C.Cc1ccc2c(oc3nc(C(C)C)ccc32)c1-c1ccc(-c2ccc(F)cc2)c[n+]1C. The number of fused-ring (bicyclic) bond motifs is 12. The fourth-order valence-electron chi connectivity index (χ4n) is 19.8. The minimum Gasteiger partial charge on any atom is -0.437 e. The van der Waals surface area contributed by atoms with Crippen LogP contribution in [0.5, 0.6) is 0 Å². The average Bonchev–Trinajstić information content (AvgIpc) is 1.57. The lowest BCUT2D eigenvalue weighted by Gasteiger charge is -2.14. The summed E-state index contributed by atoms with van der Waals surface area (Å²) in [6, 6.07) is 83.1. The van der Waals surface area contributed by atoms with Crippen LogP contribution >= 0.6 is 0 Å². The van der Waals surface area contributed by atoms with Gasteiger partial charge >= 0.3 is 0 Å². The quantitative estimate of drug-likeness (QED) is 0.0988. The molecule has 0 radical (unpaired) electrons. The molecule has 14 heteroatoms. The minimum atomic E-state index is -0.235. The van der Waals surface area contributed by atoms with E-state index in [1.807, 2.05) is 26.4 Å². The van der Waals surface area contributed by atoms with Crippen LogP contribution in [0.15, 0.2) is 285 Å². The molecule has 8 aromatic carbocycles. The first-order valence-electron chi connectivity index (χ1n) is 46.9. The second-order valence-corrected chi connectivity index (χ2v) is 37.8. The molecule has 2 aliphatic rings. The van der Waals surface area contributed by atoms with Crippen molar-refractivity contribution in [2.75, 3.05) is 0 Å². The number of hydrogen-bond donors (Lipinski definition) is 0. The summed E-state index contributed by atoms with van der Waals surface area (Å²) >= 11 is 0. The van der Waals surface area contributed by atoms with E-state index in [1.54, 1.807) is 24.3 Å². The lowest BCUT2D eigenvalue weighted by molar-refractivity contribution is -0.660. The average molecular weight is 1750 g/mol. The number of rotatable bonds is 14. The Morgan fingerprint density at radius 1 is 0.288 bits per heavy atom. The van der Waals surface area contributed by atoms with Gasteiger partial charge in [0.25, 0.3) is 0 Å². The van der Waals surface area contributed by atoms with E-state index in [1.165, 1.54) is 126 Å². The van der Waals surface area contributed by atoms with E-state index in [9.17, 15) is 8.78 Å². The highest BCUT2D eigenvalue weighted by Gasteiger charge is 2.31. The third-order valence-electron chi connectivity index (χ3n) is 27.4. The summed E-state index contributed by atoms with van der Waals surface area (Å²) in [5.74, 6) is 2.34. The molecular formula is C118H114F2N8O4+4. The molecule has 0 amide bonds. The first-order chi connectivity index (χ1) is 63.8. The van der Waals surface area contributed by atoms with Crippen molar-refractivity contribution >= 4 is 88.3 Å². The van der Waals surface area contributed by atoms with Crippen LogP contribution in [0, 0.1) is 39.3 Å². The van der Waals surface area contributed by atoms with E-state index < -0.39 is 0 Å². The van der Waals surface area contributed by atoms with Crippen molar-refractivity contribution in [3.05, 3.63) is 335 Å². The molecule has 2 aliphatic carbocycles. The Bertz CT molecular complexity index is 7810. The zero-order valence-electron chi connectivity index (χ0n) is 78.5. The highest BCUT2D eigenvalue weighted by Crippen LogP contribution is 2.46. The molecule has 0 spiro atoms. The molecule has 20 aromatic rings. The van der Waals surface area contributed by atoms with Crippen LogP contribution in [0.1, 0.15) is 198 Å². The maximum Gasteiger partial charge on any atom is 0.227 e. The van der Waals surface area contributed by atoms with Gasteiger partial charge in [0.15, 0.2) is 47.1 Å². The molecule has 12 aromatic heterocycles. The summed E-state index contributed by atoms with van der Waals surface area (Å²) in [7, 11) is 8.30. The molecule has 0 unspecified atom stereocenters. The summed E-state index contributed by atoms with van der Waals surface area (Å²) in [4.78, 5) is 19.2. The smallest absolute Gasteiger partial charge is 0.227 e. The van der Waals surface area contributed by atoms with Gasteiger partial charge in [-0.2, -0.15) is 0 Å². The van der Waals surface area contributed by atoms with Gasteiger partial charge in [0.2, 0.25) is 45.6 Å². The number of nitrogens with zero attached hydrogens (tertiary/aromatic N) is 8. The van der Waals surface area contributed by atoms with Gasteiger partial charge in [-0.15, -0.1) is 0 Å². The molecule has 0 saturated heterocycles. The molecule has 2 saturated carbocycles. The topological polar surface area (TPSA) is 120 Å². The normalized spacial score (nSPS) is 13.2. The molecule has 132 heavy (non-hydrogen) atoms. The molecule has 0 bridgehead atoms. The van der Waals surface area contributed by atoms with E-state index >= 15 is 0 Å². The second-order valence-electron chi connectivity index (χ2n) is 37.8. The van der Waals surface area contributed by atoms with Crippen LogP contribution < -0.4 is 18.3 Å². The van der Waals surface area contributed by atoms with Gasteiger partial charge in [0.1, 0.15) is 39.8 Å². The standard InChI is InChI=1S/2C32H33N2O.2C27H24FN2O/c1-20(2)28-17-16-27-26-15-14-21(3)29(31(26)35-32(27)33-28)30-25(13-8-18-34(30)4)24-12-7-11-23(19-24)22-9-5-6-10-22;1-20(2)28-15-14-27-26-13-12-21(3)30(31(26)35-32(27)33-28)29-19-25(16-17-34(29)4)24-11-7-10-23(18-24)22-8-5-6-9-22;1-16(2)23-13-12-22-21-11-5-17(3)25(26(21)31-27(22)29-23)24-14-8-19(15-30(24)4)18-6-9-20(28)10-7-18;1-16(2)23-12-11-22-21-10-5-17(3)25(26(21)31-27(22)29-23)24-15-19(13-14-30(24)4)18-6-8-20(28)9-7-18/h7-8,11-20,22H,5-6,9-10H2,1-4H3;7,10-20,22H,5-6,8-9H2,1-4H3;2*5-16H,1-4H3/q4*+1. The predicted molar refractivity (Wildman–Crippen MR) is 532 cm³/mol. The molecule has 660 valence electrons. The van der Waals surface area contributed by atoms with E-state index in [4.69, 9.17) is 37.6 Å². The van der Waals surface area contributed by atoms with E-state index in [0.29, 0.717) is 46.9 Å². The molecular weight excluding hydrogens is 1630 g/mol. The van der Waals surface area contributed by atoms with Crippen molar-refractivity contribution in [1.29, 1.82) is 0 Å². The molecule has 12 nitrogen and oxygen atoms in total. The van der Waals surface area contributed by atoms with Crippen molar-refractivity contribution < 1.29 is 44.7 Å². The fraction of sp³-hybridized carbons (Fsp3) is 0.254. The highest BCUT2D eigenvalue weighted by atomic mass is 19.1. The predicted octanol–water partition coefficient (Wildman–Crippen LogP) is 29.9. The highest BCUT2D eigenvalue weighted by molar-refractivity contribution is 6.13. The monoisotopic (exact) mass is 1740 g/mol. The van der Waals surface area contributed by atoms with Crippen LogP contribution in [-0.2, 0) is 28.2 Å². The maximum absolute atomic E-state index is 13.4. The zero-order chi connectivity index (χ0) is 91.6. The number of pyridine rings is 8. The number of hydrogen-bond acceptors (Lipinski definition) is 8. The number of aromatic nitrogens is 8. The fourth-order valence-corrected chi connectivity index (χ4v) is 19.8. The Morgan fingerprint density at radius 3 is 1.02 bits per heavy atom. The summed E-state index contributed by atoms with van der Waals surface area (Å²) in [5, 5.41) is 8.59. The summed E-state index contributed by atoms with van der Waals surface area (Å²) in [6.07, 6.45) is 19.1. The third kappa shape index (κ3) is 16.9. The Morgan fingerprint density at radius 2 is 0.621 bits per heavy atom. The van der Waals surface area contributed by atoms with Gasteiger partial charge in [-0.25, -0.2) is 47.0 Å². The maximum atomic E-state index is 13.4. The van der Waals surface area contributed by atoms with Gasteiger partial charge < -0.3 is 17.7 Å². The van der Waals surface area contributed by atoms with Crippen molar-refractivity contribution in [3.63, 3.8) is 0 Å². The van der Waals surface area contributed by atoms with Gasteiger partial charge in [0.05, 0.1) is 27.8 Å². The number of benzene rings is 8.